The van der Waals surface area contributed by atoms with Gasteiger partial charge >= 0.3 is 0 Å². The van der Waals surface area contributed by atoms with Crippen LogP contribution < -0.4 is 0 Å². The van der Waals surface area contributed by atoms with Crippen LogP contribution in [0.1, 0.15) is 57.4 Å². The SMILES string of the molecule is CCCCCCCCCn1cc(CCl)cn1. The zero-order valence-electron chi connectivity index (χ0n) is 10.3. The highest BCUT2D eigenvalue weighted by molar-refractivity contribution is 6.17. The summed E-state index contributed by atoms with van der Waals surface area (Å²) in [4.78, 5) is 0. The maximum Gasteiger partial charge on any atom is 0.0533 e. The summed E-state index contributed by atoms with van der Waals surface area (Å²) >= 11 is 5.72. The lowest BCUT2D eigenvalue weighted by Gasteiger charge is -2.01. The van der Waals surface area contributed by atoms with Crippen LogP contribution in [0.15, 0.2) is 12.4 Å². The Bertz CT molecular complexity index is 271. The Morgan fingerprint density at radius 1 is 1.12 bits per heavy atom. The highest BCUT2D eigenvalue weighted by atomic mass is 35.5. The van der Waals surface area contributed by atoms with Gasteiger partial charge in [0.05, 0.1) is 12.1 Å². The molecule has 0 amide bonds. The first-order chi connectivity index (χ1) is 7.86. The van der Waals surface area contributed by atoms with E-state index in [0.29, 0.717) is 5.88 Å². The fraction of sp³-hybridized carbons (Fsp3) is 0.769. The lowest BCUT2D eigenvalue weighted by atomic mass is 10.1. The van der Waals surface area contributed by atoms with Crippen molar-refractivity contribution in [3.63, 3.8) is 0 Å². The molecule has 92 valence electrons. The second-order valence-electron chi connectivity index (χ2n) is 4.37. The zero-order chi connectivity index (χ0) is 11.6. The van der Waals surface area contributed by atoms with Crippen molar-refractivity contribution in [2.24, 2.45) is 0 Å². The van der Waals surface area contributed by atoms with E-state index in [9.17, 15) is 0 Å². The van der Waals surface area contributed by atoms with Gasteiger partial charge in [-0.1, -0.05) is 45.4 Å². The van der Waals surface area contributed by atoms with Crippen molar-refractivity contribution in [1.29, 1.82) is 0 Å². The Morgan fingerprint density at radius 3 is 2.44 bits per heavy atom. The summed E-state index contributed by atoms with van der Waals surface area (Å²) in [6, 6.07) is 0. The Hall–Kier alpha value is -0.500. The summed E-state index contributed by atoms with van der Waals surface area (Å²) in [5.41, 5.74) is 1.12. The fourth-order valence-electron chi connectivity index (χ4n) is 1.83. The minimum Gasteiger partial charge on any atom is -0.272 e. The highest BCUT2D eigenvalue weighted by Gasteiger charge is 1.96. The number of hydrogen-bond donors (Lipinski definition) is 0. The molecule has 16 heavy (non-hydrogen) atoms. The number of halogens is 1. The van der Waals surface area contributed by atoms with Crippen LogP contribution in [0.4, 0.5) is 0 Å². The second-order valence-corrected chi connectivity index (χ2v) is 4.63. The summed E-state index contributed by atoms with van der Waals surface area (Å²) in [7, 11) is 0. The molecule has 0 N–H and O–H groups in total. The topological polar surface area (TPSA) is 17.8 Å². The molecule has 2 nitrogen and oxygen atoms in total. The smallest absolute Gasteiger partial charge is 0.0533 e. The second kappa shape index (κ2) is 8.63. The van der Waals surface area contributed by atoms with Gasteiger partial charge in [0.2, 0.25) is 0 Å². The van der Waals surface area contributed by atoms with E-state index in [1.807, 2.05) is 17.1 Å². The van der Waals surface area contributed by atoms with Gasteiger partial charge in [-0.3, -0.25) is 4.68 Å². The summed E-state index contributed by atoms with van der Waals surface area (Å²) in [6.07, 6.45) is 13.3. The lowest BCUT2D eigenvalue weighted by molar-refractivity contribution is 0.523. The predicted octanol–water partition coefficient (Wildman–Crippen LogP) is 4.37. The van der Waals surface area contributed by atoms with Crippen LogP contribution in [0.2, 0.25) is 0 Å². The molecule has 1 heterocycles. The standard InChI is InChI=1S/C13H23ClN2/c1-2-3-4-5-6-7-8-9-16-12-13(10-14)11-15-16/h11-12H,2-10H2,1H3. The van der Waals surface area contributed by atoms with E-state index in [-0.39, 0.29) is 0 Å². The molecular weight excluding hydrogens is 220 g/mol. The lowest BCUT2D eigenvalue weighted by Crippen LogP contribution is -1.97. The molecular formula is C13H23ClN2. The summed E-state index contributed by atoms with van der Waals surface area (Å²) in [5.74, 6) is 0.566. The molecule has 1 aromatic heterocycles. The molecule has 0 aromatic carbocycles. The molecule has 0 fully saturated rings. The van der Waals surface area contributed by atoms with Crippen molar-refractivity contribution in [3.05, 3.63) is 18.0 Å². The average molecular weight is 243 g/mol. The number of aryl methyl sites for hydroxylation is 1. The first kappa shape index (κ1) is 13.6. The highest BCUT2D eigenvalue weighted by Crippen LogP contribution is 2.08. The van der Waals surface area contributed by atoms with Gasteiger partial charge in [-0.15, -0.1) is 11.6 Å². The van der Waals surface area contributed by atoms with E-state index in [1.54, 1.807) is 0 Å². The van der Waals surface area contributed by atoms with Crippen LogP contribution >= 0.6 is 11.6 Å². The molecule has 3 heteroatoms. The van der Waals surface area contributed by atoms with Crippen LogP contribution in [-0.2, 0) is 12.4 Å². The molecule has 0 saturated heterocycles. The van der Waals surface area contributed by atoms with Crippen molar-refractivity contribution in [3.8, 4) is 0 Å². The van der Waals surface area contributed by atoms with Crippen LogP contribution in [-0.4, -0.2) is 9.78 Å². The first-order valence-corrected chi connectivity index (χ1v) is 6.97. The van der Waals surface area contributed by atoms with E-state index in [1.165, 1.54) is 44.9 Å². The molecule has 1 aromatic rings. The molecule has 0 unspecified atom stereocenters. The van der Waals surface area contributed by atoms with E-state index in [0.717, 1.165) is 12.1 Å². The van der Waals surface area contributed by atoms with Crippen LogP contribution in [0.3, 0.4) is 0 Å². The number of aromatic nitrogens is 2. The number of rotatable bonds is 9. The molecule has 0 aliphatic heterocycles. The monoisotopic (exact) mass is 242 g/mol. The van der Waals surface area contributed by atoms with Gasteiger partial charge in [0.25, 0.3) is 0 Å². The van der Waals surface area contributed by atoms with Crippen molar-refractivity contribution in [1.82, 2.24) is 9.78 Å². The van der Waals surface area contributed by atoms with Gasteiger partial charge in [-0.05, 0) is 6.42 Å². The fourth-order valence-corrected chi connectivity index (χ4v) is 1.97. The summed E-state index contributed by atoms with van der Waals surface area (Å²) in [5, 5.41) is 4.27. The molecule has 0 atom stereocenters. The number of hydrogen-bond acceptors (Lipinski definition) is 1. The Morgan fingerprint density at radius 2 is 1.81 bits per heavy atom. The van der Waals surface area contributed by atoms with Gasteiger partial charge in [-0.25, -0.2) is 0 Å². The van der Waals surface area contributed by atoms with Crippen molar-refractivity contribution < 1.29 is 0 Å². The minimum absolute atomic E-state index is 0.566. The Kier molecular flexibility index (Phi) is 7.32. The van der Waals surface area contributed by atoms with Crippen LogP contribution in [0.25, 0.3) is 0 Å². The van der Waals surface area contributed by atoms with Gasteiger partial charge < -0.3 is 0 Å². The number of unbranched alkanes of at least 4 members (excludes halogenated alkanes) is 6. The maximum atomic E-state index is 5.72. The Balaban J connectivity index is 1.98. The van der Waals surface area contributed by atoms with Gasteiger partial charge in [0, 0.05) is 18.3 Å². The minimum atomic E-state index is 0.566. The first-order valence-electron chi connectivity index (χ1n) is 6.44. The van der Waals surface area contributed by atoms with Gasteiger partial charge in [-0.2, -0.15) is 5.10 Å². The molecule has 0 radical (unpaired) electrons. The molecule has 0 aliphatic carbocycles. The number of alkyl halides is 1. The zero-order valence-corrected chi connectivity index (χ0v) is 11.0. The van der Waals surface area contributed by atoms with E-state index >= 15 is 0 Å². The quantitative estimate of drug-likeness (QED) is 0.464. The summed E-state index contributed by atoms with van der Waals surface area (Å²) in [6.45, 7) is 3.29. The van der Waals surface area contributed by atoms with E-state index in [4.69, 9.17) is 11.6 Å². The van der Waals surface area contributed by atoms with Crippen molar-refractivity contribution in [2.45, 2.75) is 64.3 Å². The molecule has 0 spiro atoms. The van der Waals surface area contributed by atoms with Gasteiger partial charge in [0.1, 0.15) is 0 Å². The van der Waals surface area contributed by atoms with Crippen molar-refractivity contribution in [2.75, 3.05) is 0 Å². The third-order valence-electron chi connectivity index (χ3n) is 2.83. The predicted molar refractivity (Wildman–Crippen MR) is 69.8 cm³/mol. The molecule has 0 saturated carbocycles. The average Bonchev–Trinajstić information content (AvgIpc) is 2.76. The number of nitrogens with zero attached hydrogens (tertiary/aromatic N) is 2. The van der Waals surface area contributed by atoms with Crippen LogP contribution in [0.5, 0.6) is 0 Å². The van der Waals surface area contributed by atoms with E-state index in [2.05, 4.69) is 12.0 Å². The Labute approximate surface area is 104 Å². The largest absolute Gasteiger partial charge is 0.272 e. The molecule has 0 aliphatic rings. The van der Waals surface area contributed by atoms with Crippen molar-refractivity contribution >= 4 is 11.6 Å². The van der Waals surface area contributed by atoms with Gasteiger partial charge in [0.15, 0.2) is 0 Å². The molecule has 1 rings (SSSR count). The molecule has 0 bridgehead atoms. The van der Waals surface area contributed by atoms with E-state index < -0.39 is 0 Å². The normalized spacial score (nSPS) is 10.9. The third-order valence-corrected chi connectivity index (χ3v) is 3.14. The maximum absolute atomic E-state index is 5.72. The van der Waals surface area contributed by atoms with Crippen LogP contribution in [0, 0.1) is 0 Å². The summed E-state index contributed by atoms with van der Waals surface area (Å²) < 4.78 is 2.00. The third kappa shape index (κ3) is 5.55.